The van der Waals surface area contributed by atoms with E-state index >= 15 is 0 Å². The van der Waals surface area contributed by atoms with E-state index in [1.165, 1.54) is 13.2 Å². The summed E-state index contributed by atoms with van der Waals surface area (Å²) in [5.74, 6) is -0.644. The monoisotopic (exact) mass is 199 g/mol. The molecule has 1 atom stereocenters. The topological polar surface area (TPSA) is 55.5 Å². The molecule has 0 saturated heterocycles. The van der Waals surface area contributed by atoms with Crippen LogP contribution in [-0.2, 0) is 6.42 Å². The minimum absolute atomic E-state index is 0.0613. The second kappa shape index (κ2) is 4.28. The number of halogens is 1. The number of ether oxygens (including phenoxy) is 1. The fourth-order valence-corrected chi connectivity index (χ4v) is 1.28. The van der Waals surface area contributed by atoms with Gasteiger partial charge < -0.3 is 15.6 Å². The summed E-state index contributed by atoms with van der Waals surface area (Å²) in [7, 11) is 1.45. The summed E-state index contributed by atoms with van der Waals surface area (Å²) in [5.41, 5.74) is 6.31. The molecule has 0 amide bonds. The van der Waals surface area contributed by atoms with E-state index in [1.54, 1.807) is 0 Å². The van der Waals surface area contributed by atoms with E-state index in [-0.39, 0.29) is 11.8 Å². The van der Waals surface area contributed by atoms with Gasteiger partial charge in [0.05, 0.1) is 7.11 Å². The second-order valence-corrected chi connectivity index (χ2v) is 3.30. The average Bonchev–Trinajstić information content (AvgIpc) is 2.10. The number of nitrogens with two attached hydrogens (primary N) is 1. The van der Waals surface area contributed by atoms with E-state index < -0.39 is 5.82 Å². The highest BCUT2D eigenvalue weighted by Crippen LogP contribution is 2.27. The molecule has 1 aromatic rings. The molecule has 14 heavy (non-hydrogen) atoms. The Morgan fingerprint density at radius 3 is 2.71 bits per heavy atom. The normalized spacial score (nSPS) is 12.6. The van der Waals surface area contributed by atoms with Gasteiger partial charge in [-0.25, -0.2) is 4.39 Å². The zero-order valence-electron chi connectivity index (χ0n) is 8.25. The van der Waals surface area contributed by atoms with Crippen LogP contribution in [0, 0.1) is 5.82 Å². The van der Waals surface area contributed by atoms with Crippen molar-refractivity contribution in [3.63, 3.8) is 0 Å². The Labute approximate surface area is 82.3 Å². The van der Waals surface area contributed by atoms with Crippen LogP contribution in [0.1, 0.15) is 12.5 Å². The van der Waals surface area contributed by atoms with Gasteiger partial charge in [-0.2, -0.15) is 0 Å². The van der Waals surface area contributed by atoms with Crippen molar-refractivity contribution >= 4 is 0 Å². The minimum Gasteiger partial charge on any atom is -0.505 e. The van der Waals surface area contributed by atoms with Gasteiger partial charge in [-0.3, -0.25) is 0 Å². The number of phenols is 1. The lowest BCUT2D eigenvalue weighted by Gasteiger charge is -2.11. The zero-order valence-corrected chi connectivity index (χ0v) is 8.25. The molecule has 3 N–H and O–H groups in total. The van der Waals surface area contributed by atoms with Crippen molar-refractivity contribution in [2.45, 2.75) is 19.4 Å². The summed E-state index contributed by atoms with van der Waals surface area (Å²) >= 11 is 0. The lowest BCUT2D eigenvalue weighted by atomic mass is 10.1. The van der Waals surface area contributed by atoms with Crippen molar-refractivity contribution in [2.75, 3.05) is 7.11 Å². The number of aromatic hydroxyl groups is 1. The predicted molar refractivity (Wildman–Crippen MR) is 52.0 cm³/mol. The van der Waals surface area contributed by atoms with Crippen molar-refractivity contribution in [2.24, 2.45) is 5.73 Å². The number of methoxy groups -OCH3 is 1. The Balaban J connectivity index is 3.07. The largest absolute Gasteiger partial charge is 0.505 e. The number of benzene rings is 1. The SMILES string of the molecule is COc1cc(F)c(O)cc1CC(C)N. The Morgan fingerprint density at radius 1 is 1.57 bits per heavy atom. The second-order valence-electron chi connectivity index (χ2n) is 3.30. The first-order valence-electron chi connectivity index (χ1n) is 4.35. The molecule has 0 heterocycles. The number of phenolic OH excluding ortho intramolecular Hbond substituents is 1. The highest BCUT2D eigenvalue weighted by atomic mass is 19.1. The lowest BCUT2D eigenvalue weighted by Crippen LogP contribution is -2.18. The average molecular weight is 199 g/mol. The number of hydrogen-bond donors (Lipinski definition) is 2. The molecule has 0 saturated carbocycles. The van der Waals surface area contributed by atoms with Crippen molar-refractivity contribution in [1.29, 1.82) is 0 Å². The van der Waals surface area contributed by atoms with E-state index in [1.807, 2.05) is 6.92 Å². The molecular formula is C10H14FNO2. The Bertz CT molecular complexity index is 326. The van der Waals surface area contributed by atoms with Gasteiger partial charge in [0.2, 0.25) is 0 Å². The Hall–Kier alpha value is -1.29. The highest BCUT2D eigenvalue weighted by molar-refractivity contribution is 5.41. The third-order valence-corrected chi connectivity index (χ3v) is 1.89. The maximum Gasteiger partial charge on any atom is 0.168 e. The number of hydrogen-bond acceptors (Lipinski definition) is 3. The van der Waals surface area contributed by atoms with Gasteiger partial charge in [0.25, 0.3) is 0 Å². The Morgan fingerprint density at radius 2 is 2.21 bits per heavy atom. The molecule has 4 heteroatoms. The molecule has 0 bridgehead atoms. The molecule has 0 spiro atoms. The molecule has 78 valence electrons. The van der Waals surface area contributed by atoms with E-state index in [0.717, 1.165) is 6.07 Å². The third kappa shape index (κ3) is 2.35. The molecule has 1 unspecified atom stereocenters. The predicted octanol–water partition coefficient (Wildman–Crippen LogP) is 1.43. The molecule has 0 aromatic heterocycles. The fourth-order valence-electron chi connectivity index (χ4n) is 1.28. The number of rotatable bonds is 3. The van der Waals surface area contributed by atoms with E-state index in [0.29, 0.717) is 17.7 Å². The van der Waals surface area contributed by atoms with E-state index in [9.17, 15) is 4.39 Å². The van der Waals surface area contributed by atoms with Crippen molar-refractivity contribution in [3.8, 4) is 11.5 Å². The van der Waals surface area contributed by atoms with Crippen molar-refractivity contribution in [3.05, 3.63) is 23.5 Å². The first kappa shape index (κ1) is 10.8. The summed E-state index contributed by atoms with van der Waals surface area (Å²) in [6.07, 6.45) is 0.539. The van der Waals surface area contributed by atoms with Crippen molar-refractivity contribution in [1.82, 2.24) is 0 Å². The van der Waals surface area contributed by atoms with Gasteiger partial charge in [-0.1, -0.05) is 0 Å². The molecule has 3 nitrogen and oxygen atoms in total. The van der Waals surface area contributed by atoms with Gasteiger partial charge >= 0.3 is 0 Å². The molecule has 0 aliphatic carbocycles. The van der Waals surface area contributed by atoms with Crippen LogP contribution in [-0.4, -0.2) is 18.3 Å². The molecule has 0 aliphatic rings. The maximum absolute atomic E-state index is 12.9. The van der Waals surface area contributed by atoms with Gasteiger partial charge in [0, 0.05) is 12.1 Å². The summed E-state index contributed by atoms with van der Waals surface area (Å²) in [6.45, 7) is 1.83. The highest BCUT2D eigenvalue weighted by Gasteiger charge is 2.10. The van der Waals surface area contributed by atoms with Crippen molar-refractivity contribution < 1.29 is 14.2 Å². The third-order valence-electron chi connectivity index (χ3n) is 1.89. The molecular weight excluding hydrogens is 185 g/mol. The first-order chi connectivity index (χ1) is 6.54. The minimum atomic E-state index is -0.685. The maximum atomic E-state index is 12.9. The van der Waals surface area contributed by atoms with Crippen LogP contribution in [0.3, 0.4) is 0 Å². The van der Waals surface area contributed by atoms with Gasteiger partial charge in [-0.05, 0) is 25.0 Å². The summed E-state index contributed by atoms with van der Waals surface area (Å²) in [5, 5.41) is 9.16. The smallest absolute Gasteiger partial charge is 0.168 e. The van der Waals surface area contributed by atoms with Gasteiger partial charge in [0.15, 0.2) is 11.6 Å². The van der Waals surface area contributed by atoms with Crippen LogP contribution in [0.4, 0.5) is 4.39 Å². The van der Waals surface area contributed by atoms with Gasteiger partial charge in [0.1, 0.15) is 5.75 Å². The van der Waals surface area contributed by atoms with Crippen LogP contribution in [0.2, 0.25) is 0 Å². The van der Waals surface area contributed by atoms with E-state index in [4.69, 9.17) is 15.6 Å². The summed E-state index contributed by atoms with van der Waals surface area (Å²) < 4.78 is 17.9. The first-order valence-corrected chi connectivity index (χ1v) is 4.35. The van der Waals surface area contributed by atoms with E-state index in [2.05, 4.69) is 0 Å². The quantitative estimate of drug-likeness (QED) is 0.774. The van der Waals surface area contributed by atoms with Gasteiger partial charge in [-0.15, -0.1) is 0 Å². The standard InChI is InChI=1S/C10H14FNO2/c1-6(12)3-7-4-9(13)8(11)5-10(7)14-2/h4-6,13H,3,12H2,1-2H3. The summed E-state index contributed by atoms with van der Waals surface area (Å²) in [6, 6.07) is 2.44. The molecule has 1 aromatic carbocycles. The van der Waals surface area contributed by atoms with Crippen LogP contribution in [0.25, 0.3) is 0 Å². The van der Waals surface area contributed by atoms with Crippen LogP contribution >= 0.6 is 0 Å². The molecule has 1 rings (SSSR count). The fraction of sp³-hybridized carbons (Fsp3) is 0.400. The summed E-state index contributed by atoms with van der Waals surface area (Å²) in [4.78, 5) is 0. The van der Waals surface area contributed by atoms with Crippen LogP contribution in [0.15, 0.2) is 12.1 Å². The lowest BCUT2D eigenvalue weighted by molar-refractivity contribution is 0.393. The molecule has 0 aliphatic heterocycles. The van der Waals surface area contributed by atoms with Crippen LogP contribution in [0.5, 0.6) is 11.5 Å². The van der Waals surface area contributed by atoms with Crippen LogP contribution < -0.4 is 10.5 Å². The molecule has 0 radical (unpaired) electrons. The Kier molecular flexibility index (Phi) is 3.30. The zero-order chi connectivity index (χ0) is 10.7. The molecule has 0 fully saturated rings.